The van der Waals surface area contributed by atoms with Crippen LogP contribution < -0.4 is 24.4 Å². The number of benzene rings is 4. The Morgan fingerprint density at radius 2 is 1.68 bits per heavy atom. The zero-order chi connectivity index (χ0) is 32.9. The first kappa shape index (κ1) is 31.2. The fraction of sp³-hybridized carbons (Fsp3) is 0.139. The van der Waals surface area contributed by atoms with Gasteiger partial charge in [-0.05, 0) is 54.0 Å². The Morgan fingerprint density at radius 3 is 2.34 bits per heavy atom. The number of carbonyl (C=O) groups excluding carboxylic acids is 1. The Hall–Kier alpha value is -5.81. The molecule has 5 aromatic rings. The number of hydrogen-bond donors (Lipinski definition) is 0. The lowest BCUT2D eigenvalue weighted by molar-refractivity contribution is -0.384. The largest absolute Gasteiger partial charge is 0.493 e. The van der Waals surface area contributed by atoms with E-state index in [4.69, 9.17) is 19.2 Å². The molecule has 0 saturated heterocycles. The maximum Gasteiger partial charge on any atom is 0.338 e. The smallest absolute Gasteiger partial charge is 0.338 e. The predicted octanol–water partition coefficient (Wildman–Crippen LogP) is 5.43. The normalized spacial score (nSPS) is 14.3. The molecule has 47 heavy (non-hydrogen) atoms. The summed E-state index contributed by atoms with van der Waals surface area (Å²) in [4.78, 5) is 43.5. The number of hydrogen-bond acceptors (Lipinski definition) is 9. The van der Waals surface area contributed by atoms with Gasteiger partial charge in [0.25, 0.3) is 11.2 Å². The van der Waals surface area contributed by atoms with Crippen LogP contribution in [0.3, 0.4) is 0 Å². The van der Waals surface area contributed by atoms with E-state index in [1.54, 1.807) is 47.9 Å². The highest BCUT2D eigenvalue weighted by Gasteiger charge is 2.35. The van der Waals surface area contributed by atoms with Crippen LogP contribution in [0.15, 0.2) is 118 Å². The fourth-order valence-electron chi connectivity index (χ4n) is 5.31. The zero-order valence-corrected chi connectivity index (χ0v) is 26.3. The third kappa shape index (κ3) is 6.47. The summed E-state index contributed by atoms with van der Waals surface area (Å²) in [6, 6.07) is 29.5. The SMILES string of the molecule is CCOC(=O)C1=C(c2ccccc2)N=c2s/c(=C\c3ccc(OCc4ccc([N+](=O)[O-])cc4)c(OC)c3)c(=O)n2[C@H]1c1ccccc1. The summed E-state index contributed by atoms with van der Waals surface area (Å²) in [6.07, 6.45) is 1.75. The molecule has 0 aliphatic carbocycles. The third-order valence-electron chi connectivity index (χ3n) is 7.52. The van der Waals surface area contributed by atoms with Crippen molar-refractivity contribution in [2.45, 2.75) is 19.6 Å². The van der Waals surface area contributed by atoms with Crippen LogP contribution in [-0.4, -0.2) is 29.2 Å². The third-order valence-corrected chi connectivity index (χ3v) is 8.50. The van der Waals surface area contributed by atoms with Crippen LogP contribution in [0, 0.1) is 10.1 Å². The first-order chi connectivity index (χ1) is 22.9. The number of ether oxygens (including phenoxy) is 3. The number of methoxy groups -OCH3 is 1. The Kier molecular flexibility index (Phi) is 9.07. The molecule has 1 atom stereocenters. The fourth-order valence-corrected chi connectivity index (χ4v) is 6.31. The van der Waals surface area contributed by atoms with E-state index < -0.39 is 16.9 Å². The van der Waals surface area contributed by atoms with Crippen molar-refractivity contribution in [2.24, 2.45) is 4.99 Å². The highest BCUT2D eigenvalue weighted by atomic mass is 32.1. The molecule has 0 saturated carbocycles. The van der Waals surface area contributed by atoms with Crippen molar-refractivity contribution in [3.8, 4) is 11.5 Å². The molecule has 0 spiro atoms. The molecule has 2 heterocycles. The van der Waals surface area contributed by atoms with Crippen LogP contribution in [0.2, 0.25) is 0 Å². The minimum atomic E-state index is -0.756. The minimum absolute atomic E-state index is 0.00413. The topological polar surface area (TPSA) is 122 Å². The van der Waals surface area contributed by atoms with Crippen LogP contribution in [-0.2, 0) is 16.1 Å². The summed E-state index contributed by atoms with van der Waals surface area (Å²) >= 11 is 1.23. The first-order valence-electron chi connectivity index (χ1n) is 14.8. The molecule has 1 aliphatic heterocycles. The lowest BCUT2D eigenvalue weighted by Gasteiger charge is -2.25. The molecule has 0 fully saturated rings. The van der Waals surface area contributed by atoms with Crippen LogP contribution in [0.4, 0.5) is 5.69 Å². The van der Waals surface area contributed by atoms with Gasteiger partial charge in [-0.3, -0.25) is 19.5 Å². The molecular formula is C36H29N3O7S. The van der Waals surface area contributed by atoms with Crippen molar-refractivity contribution in [1.29, 1.82) is 0 Å². The van der Waals surface area contributed by atoms with Crippen molar-refractivity contribution >= 4 is 34.8 Å². The molecule has 10 nitrogen and oxygen atoms in total. The minimum Gasteiger partial charge on any atom is -0.493 e. The molecule has 11 heteroatoms. The van der Waals surface area contributed by atoms with Gasteiger partial charge < -0.3 is 14.2 Å². The van der Waals surface area contributed by atoms with Crippen molar-refractivity contribution in [1.82, 2.24) is 4.57 Å². The summed E-state index contributed by atoms with van der Waals surface area (Å²) < 4.78 is 19.0. The number of nitrogens with zero attached hydrogens (tertiary/aromatic N) is 3. The van der Waals surface area contributed by atoms with E-state index in [1.807, 2.05) is 60.7 Å². The number of non-ortho nitro benzene ring substituents is 1. The number of carbonyl (C=O) groups is 1. The molecule has 0 bridgehead atoms. The standard InChI is InChI=1S/C36H29N3O7S/c1-3-45-35(41)31-32(25-10-6-4-7-11-25)37-36-38(33(31)26-12-8-5-9-13-26)34(40)30(47-36)21-24-16-19-28(29(20-24)44-2)46-22-23-14-17-27(18-15-23)39(42)43/h4-21,33H,3,22H2,1-2H3/b30-21-/t33-/m0/s1. The van der Waals surface area contributed by atoms with Gasteiger partial charge in [0.1, 0.15) is 6.61 Å². The summed E-state index contributed by atoms with van der Waals surface area (Å²) in [5.74, 6) is 0.388. The second-order valence-corrected chi connectivity index (χ2v) is 11.5. The number of esters is 1. The summed E-state index contributed by atoms with van der Waals surface area (Å²) in [6.45, 7) is 2.09. The second-order valence-electron chi connectivity index (χ2n) is 10.5. The number of rotatable bonds is 10. The molecule has 4 aromatic carbocycles. The lowest BCUT2D eigenvalue weighted by Crippen LogP contribution is -2.39. The molecule has 236 valence electrons. The molecule has 1 aliphatic rings. The Bertz CT molecular complexity index is 2160. The monoisotopic (exact) mass is 647 g/mol. The molecule has 0 N–H and O–H groups in total. The van der Waals surface area contributed by atoms with Crippen LogP contribution in [0.1, 0.15) is 35.2 Å². The maximum atomic E-state index is 14.1. The van der Waals surface area contributed by atoms with Gasteiger partial charge in [0.15, 0.2) is 16.3 Å². The number of thiazole rings is 1. The highest BCUT2D eigenvalue weighted by molar-refractivity contribution is 7.07. The van der Waals surface area contributed by atoms with Crippen molar-refractivity contribution < 1.29 is 23.9 Å². The van der Waals surface area contributed by atoms with Gasteiger partial charge in [-0.2, -0.15) is 0 Å². The average molecular weight is 648 g/mol. The van der Waals surface area contributed by atoms with Crippen molar-refractivity contribution in [2.75, 3.05) is 13.7 Å². The highest BCUT2D eigenvalue weighted by Crippen LogP contribution is 2.35. The zero-order valence-electron chi connectivity index (χ0n) is 25.5. The average Bonchev–Trinajstić information content (AvgIpc) is 3.41. The van der Waals surface area contributed by atoms with E-state index in [0.717, 1.165) is 16.7 Å². The lowest BCUT2D eigenvalue weighted by atomic mass is 9.93. The summed E-state index contributed by atoms with van der Waals surface area (Å²) in [5.41, 5.74) is 3.40. The van der Waals surface area contributed by atoms with Gasteiger partial charge in [0, 0.05) is 17.7 Å². The van der Waals surface area contributed by atoms with Gasteiger partial charge in [0.05, 0.1) is 40.5 Å². The number of aromatic nitrogens is 1. The number of nitro benzene ring substituents is 1. The quantitative estimate of drug-likeness (QED) is 0.113. The maximum absolute atomic E-state index is 14.1. The Labute approximate surface area is 273 Å². The molecular weight excluding hydrogens is 618 g/mol. The van der Waals surface area contributed by atoms with Crippen LogP contribution in [0.25, 0.3) is 11.8 Å². The molecule has 0 amide bonds. The molecule has 0 unspecified atom stereocenters. The first-order valence-corrected chi connectivity index (χ1v) is 15.6. The van der Waals surface area contributed by atoms with E-state index in [1.165, 1.54) is 30.6 Å². The molecule has 0 radical (unpaired) electrons. The van der Waals surface area contributed by atoms with Gasteiger partial charge >= 0.3 is 5.97 Å². The number of nitro groups is 1. The van der Waals surface area contributed by atoms with Gasteiger partial charge in [-0.25, -0.2) is 9.79 Å². The van der Waals surface area contributed by atoms with Crippen molar-refractivity contribution in [3.05, 3.63) is 161 Å². The van der Waals surface area contributed by atoms with Crippen LogP contribution >= 0.6 is 11.3 Å². The van der Waals surface area contributed by atoms with Gasteiger partial charge in [0.2, 0.25) is 0 Å². The molecule has 1 aromatic heterocycles. The van der Waals surface area contributed by atoms with E-state index in [-0.39, 0.29) is 24.5 Å². The van der Waals surface area contributed by atoms with Gasteiger partial charge in [-0.15, -0.1) is 0 Å². The Balaban J connectivity index is 1.41. The predicted molar refractivity (Wildman–Crippen MR) is 178 cm³/mol. The van der Waals surface area contributed by atoms with Crippen LogP contribution in [0.5, 0.6) is 11.5 Å². The van der Waals surface area contributed by atoms with Crippen molar-refractivity contribution in [3.63, 3.8) is 0 Å². The van der Waals surface area contributed by atoms with E-state index in [2.05, 4.69) is 0 Å². The van der Waals surface area contributed by atoms with E-state index in [9.17, 15) is 19.7 Å². The summed E-state index contributed by atoms with van der Waals surface area (Å²) in [7, 11) is 1.52. The second kappa shape index (κ2) is 13.7. The Morgan fingerprint density at radius 1 is 0.979 bits per heavy atom. The van der Waals surface area contributed by atoms with E-state index in [0.29, 0.717) is 37.7 Å². The number of fused-ring (bicyclic) bond motifs is 1. The van der Waals surface area contributed by atoms with E-state index >= 15 is 0 Å². The summed E-state index contributed by atoms with van der Waals surface area (Å²) in [5, 5.41) is 10.9. The van der Waals surface area contributed by atoms with Gasteiger partial charge in [-0.1, -0.05) is 78.1 Å². The molecule has 6 rings (SSSR count).